The van der Waals surface area contributed by atoms with E-state index in [0.29, 0.717) is 22.8 Å². The summed E-state index contributed by atoms with van der Waals surface area (Å²) in [5, 5.41) is 34.3. The molecule has 0 unspecified atom stereocenters. The van der Waals surface area contributed by atoms with Gasteiger partial charge in [0, 0.05) is 6.07 Å². The van der Waals surface area contributed by atoms with Gasteiger partial charge in [-0.1, -0.05) is 29.4 Å². The van der Waals surface area contributed by atoms with E-state index in [-0.39, 0.29) is 23.3 Å². The van der Waals surface area contributed by atoms with Gasteiger partial charge in [-0.05, 0) is 54.4 Å². The Morgan fingerprint density at radius 3 is 2.31 bits per heavy atom. The van der Waals surface area contributed by atoms with Crippen molar-refractivity contribution in [1.29, 1.82) is 0 Å². The lowest BCUT2D eigenvalue weighted by Crippen LogP contribution is -2.06. The SMILES string of the molecule is COc1ccc(-c2c(C)noc2-c2ccc(OCc3ccc(N([O-])O)cc3)cc2O)cc1. The van der Waals surface area contributed by atoms with E-state index in [0.717, 1.165) is 22.4 Å². The lowest BCUT2D eigenvalue weighted by molar-refractivity contribution is 0.295. The number of methoxy groups -OCH3 is 1. The third kappa shape index (κ3) is 4.36. The number of hydrogen-bond acceptors (Lipinski definition) is 8. The van der Waals surface area contributed by atoms with E-state index in [2.05, 4.69) is 5.16 Å². The molecule has 8 nitrogen and oxygen atoms in total. The molecule has 0 aliphatic rings. The standard InChI is InChI=1S/C24H21N2O6/c1-15-23(17-5-9-19(30-2)10-6-17)24(32-25-15)21-12-11-20(13-22(21)27)31-14-16-3-7-18(8-4-16)26(28)29/h3-13,27-28H,14H2,1-2H3/q-1. The van der Waals surface area contributed by atoms with E-state index in [1.165, 1.54) is 18.2 Å². The van der Waals surface area contributed by atoms with E-state index in [4.69, 9.17) is 19.2 Å². The summed E-state index contributed by atoms with van der Waals surface area (Å²) in [6.45, 7) is 2.07. The molecule has 0 radical (unpaired) electrons. The molecule has 3 aromatic carbocycles. The monoisotopic (exact) mass is 433 g/mol. The number of anilines is 1. The fourth-order valence-corrected chi connectivity index (χ4v) is 3.33. The Hall–Kier alpha value is -4.01. The van der Waals surface area contributed by atoms with Crippen LogP contribution in [-0.2, 0) is 6.61 Å². The van der Waals surface area contributed by atoms with Crippen LogP contribution in [0.3, 0.4) is 0 Å². The summed E-state index contributed by atoms with van der Waals surface area (Å²) < 4.78 is 16.5. The van der Waals surface area contributed by atoms with Crippen molar-refractivity contribution in [3.8, 4) is 39.7 Å². The average Bonchev–Trinajstić information content (AvgIpc) is 3.19. The van der Waals surface area contributed by atoms with Gasteiger partial charge in [-0.25, -0.2) is 0 Å². The highest BCUT2D eigenvalue weighted by molar-refractivity contribution is 5.84. The largest absolute Gasteiger partial charge is 0.733 e. The summed E-state index contributed by atoms with van der Waals surface area (Å²) in [5.74, 6) is 1.65. The molecule has 0 atom stereocenters. The van der Waals surface area contributed by atoms with Crippen molar-refractivity contribution in [1.82, 2.24) is 5.16 Å². The predicted molar refractivity (Wildman–Crippen MR) is 119 cm³/mol. The number of nitrogens with zero attached hydrogens (tertiary/aromatic N) is 2. The summed E-state index contributed by atoms with van der Waals surface area (Å²) in [4.78, 5) is 0. The average molecular weight is 433 g/mol. The second-order valence-corrected chi connectivity index (χ2v) is 7.11. The first-order valence-electron chi connectivity index (χ1n) is 9.78. The van der Waals surface area contributed by atoms with Gasteiger partial charge in [-0.3, -0.25) is 5.21 Å². The van der Waals surface area contributed by atoms with Crippen molar-refractivity contribution >= 4 is 5.69 Å². The highest BCUT2D eigenvalue weighted by atomic mass is 16.8. The molecule has 0 spiro atoms. The second-order valence-electron chi connectivity index (χ2n) is 7.11. The molecule has 0 aliphatic carbocycles. The first kappa shape index (κ1) is 21.2. The summed E-state index contributed by atoms with van der Waals surface area (Å²) in [5.41, 5.74) is 3.80. The molecule has 0 aliphatic heterocycles. The third-order valence-corrected chi connectivity index (χ3v) is 5.02. The van der Waals surface area contributed by atoms with Crippen molar-refractivity contribution in [2.45, 2.75) is 13.5 Å². The Kier molecular flexibility index (Phi) is 5.98. The van der Waals surface area contributed by atoms with Crippen molar-refractivity contribution in [3.05, 3.63) is 83.2 Å². The minimum absolute atomic E-state index is 0.00830. The van der Waals surface area contributed by atoms with Gasteiger partial charge in [0.25, 0.3) is 0 Å². The number of phenols is 1. The summed E-state index contributed by atoms with van der Waals surface area (Å²) in [6, 6.07) is 18.8. The van der Waals surface area contributed by atoms with Gasteiger partial charge in [0.1, 0.15) is 23.9 Å². The first-order chi connectivity index (χ1) is 15.5. The van der Waals surface area contributed by atoms with Gasteiger partial charge in [0.05, 0.1) is 29.6 Å². The number of ether oxygens (including phenoxy) is 2. The molecule has 32 heavy (non-hydrogen) atoms. The Balaban J connectivity index is 1.55. The molecule has 4 aromatic rings. The van der Waals surface area contributed by atoms with Crippen LogP contribution in [0.1, 0.15) is 11.3 Å². The van der Waals surface area contributed by atoms with Gasteiger partial charge >= 0.3 is 0 Å². The van der Waals surface area contributed by atoms with Gasteiger partial charge in [0.2, 0.25) is 0 Å². The zero-order valence-electron chi connectivity index (χ0n) is 17.5. The van der Waals surface area contributed by atoms with Crippen LogP contribution in [0, 0.1) is 12.1 Å². The fraction of sp³-hybridized carbons (Fsp3) is 0.125. The number of rotatable bonds is 7. The number of phenolic OH excluding ortho intramolecular Hbond substituents is 1. The summed E-state index contributed by atoms with van der Waals surface area (Å²) >= 11 is 0. The fourth-order valence-electron chi connectivity index (χ4n) is 3.33. The quantitative estimate of drug-likeness (QED) is 0.378. The predicted octanol–water partition coefficient (Wildman–Crippen LogP) is 5.30. The maximum Gasteiger partial charge on any atom is 0.178 e. The van der Waals surface area contributed by atoms with Crippen molar-refractivity contribution in [2.75, 3.05) is 12.3 Å². The number of aromatic nitrogens is 1. The molecule has 0 fully saturated rings. The van der Waals surface area contributed by atoms with Crippen molar-refractivity contribution in [3.63, 3.8) is 0 Å². The molecular weight excluding hydrogens is 412 g/mol. The van der Waals surface area contributed by atoms with E-state index >= 15 is 0 Å². The molecule has 4 rings (SSSR count). The molecule has 1 heterocycles. The Labute approximate surface area is 184 Å². The molecule has 8 heteroatoms. The Morgan fingerprint density at radius 2 is 1.69 bits per heavy atom. The van der Waals surface area contributed by atoms with Crippen LogP contribution in [0.25, 0.3) is 22.5 Å². The smallest absolute Gasteiger partial charge is 0.178 e. The first-order valence-corrected chi connectivity index (χ1v) is 9.78. The lowest BCUT2D eigenvalue weighted by atomic mass is 9.99. The lowest BCUT2D eigenvalue weighted by Gasteiger charge is -2.21. The summed E-state index contributed by atoms with van der Waals surface area (Å²) in [7, 11) is 1.61. The van der Waals surface area contributed by atoms with Crippen molar-refractivity contribution < 1.29 is 24.3 Å². The van der Waals surface area contributed by atoms with Gasteiger partial charge in [0.15, 0.2) is 5.76 Å². The zero-order chi connectivity index (χ0) is 22.7. The summed E-state index contributed by atoms with van der Waals surface area (Å²) in [6.07, 6.45) is 0. The van der Waals surface area contributed by atoms with Crippen LogP contribution < -0.4 is 14.7 Å². The van der Waals surface area contributed by atoms with E-state index in [9.17, 15) is 10.3 Å². The normalized spacial score (nSPS) is 10.8. The van der Waals surface area contributed by atoms with Crippen LogP contribution in [0.4, 0.5) is 5.69 Å². The molecule has 2 N–H and O–H groups in total. The second kappa shape index (κ2) is 9.01. The van der Waals surface area contributed by atoms with Crippen LogP contribution in [-0.4, -0.2) is 22.6 Å². The highest BCUT2D eigenvalue weighted by Gasteiger charge is 2.20. The molecule has 0 saturated heterocycles. The van der Waals surface area contributed by atoms with Crippen LogP contribution in [0.2, 0.25) is 0 Å². The maximum atomic E-state index is 10.9. The van der Waals surface area contributed by atoms with Crippen LogP contribution in [0.5, 0.6) is 17.2 Å². The van der Waals surface area contributed by atoms with Gasteiger partial charge < -0.3 is 29.5 Å². The maximum absolute atomic E-state index is 10.9. The van der Waals surface area contributed by atoms with Gasteiger partial charge in [-0.2, -0.15) is 0 Å². The number of aromatic hydroxyl groups is 1. The molecule has 1 aromatic heterocycles. The Morgan fingerprint density at radius 1 is 1.00 bits per heavy atom. The minimum atomic E-state index is -0.202. The van der Waals surface area contributed by atoms with Crippen LogP contribution >= 0.6 is 0 Å². The third-order valence-electron chi connectivity index (χ3n) is 5.02. The van der Waals surface area contributed by atoms with E-state index in [1.54, 1.807) is 31.4 Å². The minimum Gasteiger partial charge on any atom is -0.733 e. The molecule has 164 valence electrons. The Bertz CT molecular complexity index is 1200. The highest BCUT2D eigenvalue weighted by Crippen LogP contribution is 2.40. The zero-order valence-corrected chi connectivity index (χ0v) is 17.5. The topological polar surface area (TPSA) is 111 Å². The van der Waals surface area contributed by atoms with Crippen LogP contribution in [0.15, 0.2) is 71.3 Å². The van der Waals surface area contributed by atoms with E-state index < -0.39 is 0 Å². The van der Waals surface area contributed by atoms with E-state index in [1.807, 2.05) is 31.2 Å². The molecular formula is C24H21N2O6-. The molecule has 0 amide bonds. The molecule has 0 bridgehead atoms. The number of benzene rings is 3. The number of hydrogen-bond donors (Lipinski definition) is 2. The number of aryl methyl sites for hydroxylation is 1. The molecule has 0 saturated carbocycles. The van der Waals surface area contributed by atoms with Gasteiger partial charge in [-0.15, -0.1) is 0 Å². The van der Waals surface area contributed by atoms with Crippen molar-refractivity contribution in [2.24, 2.45) is 0 Å².